The van der Waals surface area contributed by atoms with Crippen molar-refractivity contribution < 1.29 is 44.4 Å². The molecule has 14 nitrogen and oxygen atoms in total. The second-order valence-corrected chi connectivity index (χ2v) is 5.82. The summed E-state index contributed by atoms with van der Waals surface area (Å²) in [5, 5.41) is 42.3. The Morgan fingerprint density at radius 1 is 0.857 bits per heavy atom. The van der Waals surface area contributed by atoms with Gasteiger partial charge in [0.05, 0.1) is 25.7 Å². The van der Waals surface area contributed by atoms with Gasteiger partial charge < -0.3 is 47.8 Å². The highest BCUT2D eigenvalue weighted by Gasteiger charge is 2.31. The van der Waals surface area contributed by atoms with Crippen LogP contribution in [0.3, 0.4) is 0 Å². The van der Waals surface area contributed by atoms with Crippen LogP contribution < -0.4 is 27.4 Å². The first-order valence-corrected chi connectivity index (χ1v) is 8.02. The Hall–Kier alpha value is -2.81. The predicted molar refractivity (Wildman–Crippen MR) is 91.1 cm³/mol. The molecule has 0 saturated carbocycles. The highest BCUT2D eigenvalue weighted by atomic mass is 16.4. The lowest BCUT2D eigenvalue weighted by molar-refractivity contribution is -0.143. The van der Waals surface area contributed by atoms with Crippen LogP contribution in [0.4, 0.5) is 0 Å². The van der Waals surface area contributed by atoms with Crippen LogP contribution in [0, 0.1) is 0 Å². The zero-order chi connectivity index (χ0) is 22.0. The molecule has 11 N–H and O–H groups in total. The summed E-state index contributed by atoms with van der Waals surface area (Å²) in [5.74, 6) is -5.79. The number of nitrogens with one attached hydrogen (secondary N) is 3. The van der Waals surface area contributed by atoms with E-state index in [1.165, 1.54) is 6.92 Å². The molecule has 0 heterocycles. The van der Waals surface area contributed by atoms with Crippen molar-refractivity contribution in [3.63, 3.8) is 0 Å². The maximum atomic E-state index is 12.2. The van der Waals surface area contributed by atoms with Crippen molar-refractivity contribution in [1.29, 1.82) is 0 Å². The Bertz CT molecular complexity index is 598. The van der Waals surface area contributed by atoms with Gasteiger partial charge in [-0.1, -0.05) is 0 Å². The number of hydrogen-bond donors (Lipinski definition) is 9. The van der Waals surface area contributed by atoms with E-state index in [1.807, 2.05) is 16.0 Å². The van der Waals surface area contributed by atoms with Crippen molar-refractivity contribution in [3.8, 4) is 0 Å². The van der Waals surface area contributed by atoms with Gasteiger partial charge in [-0.25, -0.2) is 4.79 Å². The van der Waals surface area contributed by atoms with Crippen LogP contribution in [0.15, 0.2) is 0 Å². The minimum atomic E-state index is -1.70. The molecule has 0 aromatic rings. The van der Waals surface area contributed by atoms with E-state index >= 15 is 0 Å². The number of carbonyl (C=O) groups excluding carboxylic acids is 4. The van der Waals surface area contributed by atoms with Gasteiger partial charge in [0.2, 0.25) is 23.6 Å². The standard InChI is InChI=1S/C14H25N5O9/c1-5(22)10(16)13(26)18-7(3-20)12(25)17-6(2-9(15)23)11(24)19-8(4-21)14(27)28/h5-8,10,20-22H,2-4,16H2,1H3,(H2,15,23)(H,17,25)(H,18,26)(H,19,24)(H,27,28). The second kappa shape index (κ2) is 11.8. The first-order valence-electron chi connectivity index (χ1n) is 8.02. The molecule has 28 heavy (non-hydrogen) atoms. The third-order valence-electron chi connectivity index (χ3n) is 3.47. The van der Waals surface area contributed by atoms with Gasteiger partial charge in [0.15, 0.2) is 0 Å². The Kier molecular flexibility index (Phi) is 10.6. The smallest absolute Gasteiger partial charge is 0.328 e. The molecule has 160 valence electrons. The summed E-state index contributed by atoms with van der Waals surface area (Å²) in [4.78, 5) is 58.1. The fraction of sp³-hybridized carbons (Fsp3) is 0.643. The van der Waals surface area contributed by atoms with E-state index in [4.69, 9.17) is 21.7 Å². The lowest BCUT2D eigenvalue weighted by Gasteiger charge is -2.23. The molecule has 5 atom stereocenters. The number of carbonyl (C=O) groups is 5. The molecule has 4 amide bonds. The number of aliphatic carboxylic acids is 1. The minimum Gasteiger partial charge on any atom is -0.480 e. The number of carboxylic acids is 1. The van der Waals surface area contributed by atoms with Gasteiger partial charge in [-0.05, 0) is 6.92 Å². The number of hydrogen-bond acceptors (Lipinski definition) is 9. The van der Waals surface area contributed by atoms with Gasteiger partial charge >= 0.3 is 5.97 Å². The van der Waals surface area contributed by atoms with E-state index in [-0.39, 0.29) is 0 Å². The highest BCUT2D eigenvalue weighted by Crippen LogP contribution is 1.98. The van der Waals surface area contributed by atoms with E-state index in [0.29, 0.717) is 0 Å². The third kappa shape index (κ3) is 8.26. The molecule has 0 fully saturated rings. The second-order valence-electron chi connectivity index (χ2n) is 5.82. The molecular weight excluding hydrogens is 382 g/mol. The molecule has 0 aliphatic rings. The van der Waals surface area contributed by atoms with Gasteiger partial charge in [-0.3, -0.25) is 19.2 Å². The van der Waals surface area contributed by atoms with E-state index < -0.39 is 79.5 Å². The molecule has 0 aromatic heterocycles. The average molecular weight is 407 g/mol. The molecular formula is C14H25N5O9. The number of aliphatic hydroxyl groups is 3. The number of nitrogens with two attached hydrogens (primary N) is 2. The normalized spacial score (nSPS) is 16.0. The van der Waals surface area contributed by atoms with Crippen molar-refractivity contribution in [2.24, 2.45) is 11.5 Å². The number of amides is 4. The van der Waals surface area contributed by atoms with Gasteiger partial charge in [-0.15, -0.1) is 0 Å². The summed E-state index contributed by atoms with van der Waals surface area (Å²) in [6, 6.07) is -6.33. The van der Waals surface area contributed by atoms with Crippen LogP contribution in [-0.2, 0) is 24.0 Å². The van der Waals surface area contributed by atoms with Crippen molar-refractivity contribution >= 4 is 29.6 Å². The molecule has 0 aromatic carbocycles. The number of primary amides is 1. The van der Waals surface area contributed by atoms with Gasteiger partial charge in [0, 0.05) is 0 Å². The Balaban J connectivity index is 5.21. The first-order chi connectivity index (χ1) is 12.9. The topological polar surface area (TPSA) is 254 Å². The Morgan fingerprint density at radius 3 is 1.68 bits per heavy atom. The quantitative estimate of drug-likeness (QED) is 0.148. The molecule has 0 radical (unpaired) electrons. The van der Waals surface area contributed by atoms with Crippen LogP contribution in [0.1, 0.15) is 13.3 Å². The van der Waals surface area contributed by atoms with Crippen LogP contribution in [0.5, 0.6) is 0 Å². The lowest BCUT2D eigenvalue weighted by Crippen LogP contribution is -2.59. The lowest BCUT2D eigenvalue weighted by atomic mass is 10.1. The van der Waals surface area contributed by atoms with E-state index in [1.54, 1.807) is 0 Å². The van der Waals surface area contributed by atoms with E-state index in [2.05, 4.69) is 0 Å². The molecule has 5 unspecified atom stereocenters. The molecule has 0 saturated heterocycles. The van der Waals surface area contributed by atoms with Crippen LogP contribution in [0.25, 0.3) is 0 Å². The van der Waals surface area contributed by atoms with E-state index in [9.17, 15) is 34.2 Å². The van der Waals surface area contributed by atoms with Crippen molar-refractivity contribution in [2.45, 2.75) is 43.6 Å². The zero-order valence-electron chi connectivity index (χ0n) is 15.0. The van der Waals surface area contributed by atoms with Crippen molar-refractivity contribution in [2.75, 3.05) is 13.2 Å². The molecule has 0 bridgehead atoms. The third-order valence-corrected chi connectivity index (χ3v) is 3.47. The molecule has 14 heteroatoms. The van der Waals surface area contributed by atoms with E-state index in [0.717, 1.165) is 0 Å². The van der Waals surface area contributed by atoms with Gasteiger partial charge in [-0.2, -0.15) is 0 Å². The highest BCUT2D eigenvalue weighted by molar-refractivity contribution is 5.96. The fourth-order valence-electron chi connectivity index (χ4n) is 1.82. The fourth-order valence-corrected chi connectivity index (χ4v) is 1.82. The summed E-state index contributed by atoms with van der Waals surface area (Å²) < 4.78 is 0. The summed E-state index contributed by atoms with van der Waals surface area (Å²) in [6.07, 6.45) is -1.98. The first kappa shape index (κ1) is 25.2. The Morgan fingerprint density at radius 2 is 1.29 bits per heavy atom. The largest absolute Gasteiger partial charge is 0.480 e. The molecule has 0 spiro atoms. The molecule has 0 rings (SSSR count). The summed E-state index contributed by atoms with van der Waals surface area (Å²) in [6.45, 7) is -0.639. The summed E-state index contributed by atoms with van der Waals surface area (Å²) in [5.41, 5.74) is 10.4. The predicted octanol–water partition coefficient (Wildman–Crippen LogP) is -5.91. The summed E-state index contributed by atoms with van der Waals surface area (Å²) in [7, 11) is 0. The average Bonchev–Trinajstić information content (AvgIpc) is 2.61. The number of carboxylic acid groups (broad SMARTS) is 1. The van der Waals surface area contributed by atoms with Crippen LogP contribution in [-0.4, -0.2) is 93.5 Å². The minimum absolute atomic E-state index is 0.728. The SMILES string of the molecule is CC(O)C(N)C(=O)NC(CO)C(=O)NC(CC(N)=O)C(=O)NC(CO)C(=O)O. The maximum Gasteiger partial charge on any atom is 0.328 e. The zero-order valence-corrected chi connectivity index (χ0v) is 15.0. The van der Waals surface area contributed by atoms with Gasteiger partial charge in [0.1, 0.15) is 24.2 Å². The Labute approximate surface area is 159 Å². The number of aliphatic hydroxyl groups excluding tert-OH is 3. The van der Waals surface area contributed by atoms with Crippen molar-refractivity contribution in [3.05, 3.63) is 0 Å². The number of rotatable bonds is 12. The monoisotopic (exact) mass is 407 g/mol. The molecule has 0 aliphatic carbocycles. The molecule has 0 aliphatic heterocycles. The van der Waals surface area contributed by atoms with Crippen LogP contribution in [0.2, 0.25) is 0 Å². The van der Waals surface area contributed by atoms with Gasteiger partial charge in [0.25, 0.3) is 0 Å². The maximum absolute atomic E-state index is 12.2. The summed E-state index contributed by atoms with van der Waals surface area (Å²) >= 11 is 0. The van der Waals surface area contributed by atoms with Crippen molar-refractivity contribution in [1.82, 2.24) is 16.0 Å². The van der Waals surface area contributed by atoms with Crippen LogP contribution >= 0.6 is 0 Å².